The van der Waals surface area contributed by atoms with Gasteiger partial charge in [-0.05, 0) is 17.7 Å². The van der Waals surface area contributed by atoms with Crippen LogP contribution in [-0.4, -0.2) is 16.7 Å². The summed E-state index contributed by atoms with van der Waals surface area (Å²) < 4.78 is 20.0. The molecule has 0 aliphatic rings. The molecule has 0 saturated heterocycles. The number of hydrogen-bond acceptors (Lipinski definition) is 3. The predicted octanol–water partition coefficient (Wildman–Crippen LogP) is 2.66. The smallest absolute Gasteiger partial charge is 0.255 e. The topological polar surface area (TPSA) is 44.1 Å². The molecule has 0 unspecified atom stereocenters. The van der Waals surface area contributed by atoms with Crippen LogP contribution in [0.4, 0.5) is 4.39 Å². The molecule has 1 aromatic heterocycles. The maximum absolute atomic E-state index is 13.7. The van der Waals surface area contributed by atoms with Crippen LogP contribution in [0.3, 0.4) is 0 Å². The number of aryl methyl sites for hydroxylation is 1. The number of halogens is 2. The first-order valence-corrected chi connectivity index (χ1v) is 6.51. The third-order valence-corrected chi connectivity index (χ3v) is 3.12. The van der Waals surface area contributed by atoms with E-state index in [9.17, 15) is 9.18 Å². The molecular formula is C14H14ClFN2O2. The number of aromatic nitrogens is 2. The van der Waals surface area contributed by atoms with E-state index in [0.29, 0.717) is 17.8 Å². The minimum Gasteiger partial charge on any atom is -0.494 e. The van der Waals surface area contributed by atoms with Gasteiger partial charge in [0.2, 0.25) is 0 Å². The number of nitrogens with zero attached hydrogens (tertiary/aromatic N) is 2. The molecule has 0 atom stereocenters. The van der Waals surface area contributed by atoms with Gasteiger partial charge in [-0.2, -0.15) is 0 Å². The zero-order valence-electron chi connectivity index (χ0n) is 11.2. The SMILES string of the molecule is CCc1nc(Cl)cc(=O)n1Cc1ccc(OC)c(F)c1. The van der Waals surface area contributed by atoms with E-state index in [2.05, 4.69) is 4.98 Å². The van der Waals surface area contributed by atoms with Crippen molar-refractivity contribution >= 4 is 11.6 Å². The lowest BCUT2D eigenvalue weighted by Gasteiger charge is -2.11. The predicted molar refractivity (Wildman–Crippen MR) is 74.9 cm³/mol. The van der Waals surface area contributed by atoms with Crippen LogP contribution in [-0.2, 0) is 13.0 Å². The van der Waals surface area contributed by atoms with E-state index in [1.165, 1.54) is 29.9 Å². The number of benzene rings is 1. The van der Waals surface area contributed by atoms with Crippen molar-refractivity contribution in [2.45, 2.75) is 19.9 Å². The van der Waals surface area contributed by atoms with E-state index in [0.717, 1.165) is 0 Å². The van der Waals surface area contributed by atoms with Crippen LogP contribution in [0.5, 0.6) is 5.75 Å². The molecule has 106 valence electrons. The summed E-state index contributed by atoms with van der Waals surface area (Å²) in [7, 11) is 1.40. The van der Waals surface area contributed by atoms with Crippen molar-refractivity contribution < 1.29 is 9.13 Å². The second-order valence-electron chi connectivity index (χ2n) is 4.24. The first-order valence-electron chi connectivity index (χ1n) is 6.13. The van der Waals surface area contributed by atoms with Gasteiger partial charge in [0.05, 0.1) is 13.7 Å². The Kier molecular flexibility index (Phi) is 4.39. The van der Waals surface area contributed by atoms with Crippen LogP contribution in [0.1, 0.15) is 18.3 Å². The van der Waals surface area contributed by atoms with E-state index in [4.69, 9.17) is 16.3 Å². The number of ether oxygens (including phenoxy) is 1. The van der Waals surface area contributed by atoms with Crippen LogP contribution >= 0.6 is 11.6 Å². The molecule has 0 fully saturated rings. The molecule has 2 aromatic rings. The van der Waals surface area contributed by atoms with E-state index >= 15 is 0 Å². The van der Waals surface area contributed by atoms with E-state index in [1.807, 2.05) is 6.92 Å². The lowest BCUT2D eigenvalue weighted by Crippen LogP contribution is -2.24. The summed E-state index contributed by atoms with van der Waals surface area (Å²) in [6.45, 7) is 2.12. The van der Waals surface area contributed by atoms with Gasteiger partial charge in [0.25, 0.3) is 5.56 Å². The third-order valence-electron chi connectivity index (χ3n) is 2.93. The zero-order chi connectivity index (χ0) is 14.7. The molecule has 0 saturated carbocycles. The van der Waals surface area contributed by atoms with Gasteiger partial charge in [-0.3, -0.25) is 9.36 Å². The van der Waals surface area contributed by atoms with Gasteiger partial charge in [-0.1, -0.05) is 24.6 Å². The number of methoxy groups -OCH3 is 1. The maximum atomic E-state index is 13.7. The van der Waals surface area contributed by atoms with Crippen molar-refractivity contribution in [3.8, 4) is 5.75 Å². The minimum atomic E-state index is -0.460. The highest BCUT2D eigenvalue weighted by Gasteiger charge is 2.09. The van der Waals surface area contributed by atoms with E-state index in [-0.39, 0.29) is 23.0 Å². The minimum absolute atomic E-state index is 0.170. The summed E-state index contributed by atoms with van der Waals surface area (Å²) in [6.07, 6.45) is 0.564. The summed E-state index contributed by atoms with van der Waals surface area (Å²) in [5.41, 5.74) is 0.405. The highest BCUT2D eigenvalue weighted by Crippen LogP contribution is 2.18. The number of rotatable bonds is 4. The largest absolute Gasteiger partial charge is 0.494 e. The lowest BCUT2D eigenvalue weighted by molar-refractivity contribution is 0.386. The highest BCUT2D eigenvalue weighted by atomic mass is 35.5. The van der Waals surface area contributed by atoms with Crippen LogP contribution < -0.4 is 10.3 Å². The van der Waals surface area contributed by atoms with E-state index < -0.39 is 5.82 Å². The third kappa shape index (κ3) is 2.99. The summed E-state index contributed by atoms with van der Waals surface area (Å²) in [5, 5.41) is 0.170. The first-order chi connectivity index (χ1) is 9.55. The van der Waals surface area contributed by atoms with Gasteiger partial charge in [0.15, 0.2) is 11.6 Å². The Morgan fingerprint density at radius 2 is 2.15 bits per heavy atom. The molecular weight excluding hydrogens is 283 g/mol. The van der Waals surface area contributed by atoms with Crippen molar-refractivity contribution in [3.63, 3.8) is 0 Å². The van der Waals surface area contributed by atoms with Gasteiger partial charge in [-0.25, -0.2) is 9.37 Å². The fourth-order valence-corrected chi connectivity index (χ4v) is 2.14. The highest BCUT2D eigenvalue weighted by molar-refractivity contribution is 6.29. The van der Waals surface area contributed by atoms with Crippen molar-refractivity contribution in [2.24, 2.45) is 0 Å². The van der Waals surface area contributed by atoms with Crippen molar-refractivity contribution in [1.29, 1.82) is 0 Å². The Bertz CT molecular complexity index is 685. The average molecular weight is 297 g/mol. The molecule has 0 bridgehead atoms. The normalized spacial score (nSPS) is 10.6. The van der Waals surface area contributed by atoms with Gasteiger partial charge in [0.1, 0.15) is 11.0 Å². The van der Waals surface area contributed by atoms with Crippen LogP contribution in [0, 0.1) is 5.82 Å². The first kappa shape index (κ1) is 14.5. The molecule has 4 nitrogen and oxygen atoms in total. The second-order valence-corrected chi connectivity index (χ2v) is 4.63. The molecule has 2 rings (SSSR count). The molecule has 0 spiro atoms. The molecule has 0 amide bonds. The molecule has 0 N–H and O–H groups in total. The zero-order valence-corrected chi connectivity index (χ0v) is 11.9. The quantitative estimate of drug-likeness (QED) is 0.815. The molecule has 0 radical (unpaired) electrons. The molecule has 20 heavy (non-hydrogen) atoms. The monoisotopic (exact) mass is 296 g/mol. The maximum Gasteiger partial charge on any atom is 0.255 e. The summed E-state index contributed by atoms with van der Waals surface area (Å²) in [4.78, 5) is 16.1. The Morgan fingerprint density at radius 1 is 1.40 bits per heavy atom. The fourth-order valence-electron chi connectivity index (χ4n) is 1.95. The summed E-state index contributed by atoms with van der Waals surface area (Å²) in [6, 6.07) is 5.84. The van der Waals surface area contributed by atoms with Crippen molar-refractivity contribution in [1.82, 2.24) is 9.55 Å². The summed E-state index contributed by atoms with van der Waals surface area (Å²) in [5.74, 6) is 0.280. The van der Waals surface area contributed by atoms with Crippen LogP contribution in [0.15, 0.2) is 29.1 Å². The summed E-state index contributed by atoms with van der Waals surface area (Å²) >= 11 is 5.77. The fraction of sp³-hybridized carbons (Fsp3) is 0.286. The van der Waals surface area contributed by atoms with Gasteiger partial charge in [0, 0.05) is 12.5 Å². The standard InChI is InChI=1S/C14H14ClFN2O2/c1-3-13-17-12(15)7-14(19)18(13)8-9-4-5-11(20-2)10(16)6-9/h4-7H,3,8H2,1-2H3. The molecule has 0 aliphatic carbocycles. The van der Waals surface area contributed by atoms with Crippen LogP contribution in [0.2, 0.25) is 5.15 Å². The van der Waals surface area contributed by atoms with Gasteiger partial charge in [-0.15, -0.1) is 0 Å². The Morgan fingerprint density at radius 3 is 2.75 bits per heavy atom. The molecule has 1 heterocycles. The van der Waals surface area contributed by atoms with Crippen LogP contribution in [0.25, 0.3) is 0 Å². The lowest BCUT2D eigenvalue weighted by atomic mass is 10.2. The van der Waals surface area contributed by atoms with Crippen molar-refractivity contribution in [2.75, 3.05) is 7.11 Å². The Labute approximate surface area is 120 Å². The van der Waals surface area contributed by atoms with Gasteiger partial charge < -0.3 is 4.74 Å². The number of hydrogen-bond donors (Lipinski definition) is 0. The van der Waals surface area contributed by atoms with E-state index in [1.54, 1.807) is 6.07 Å². The Hall–Kier alpha value is -1.88. The van der Waals surface area contributed by atoms with Gasteiger partial charge >= 0.3 is 0 Å². The molecule has 6 heteroatoms. The molecule has 1 aromatic carbocycles. The Balaban J connectivity index is 2.40. The second kappa shape index (κ2) is 6.05. The average Bonchev–Trinajstić information content (AvgIpc) is 2.41. The molecule has 0 aliphatic heterocycles. The van der Waals surface area contributed by atoms with Crippen molar-refractivity contribution in [3.05, 3.63) is 57.0 Å².